The third-order valence-electron chi connectivity index (χ3n) is 4.50. The van der Waals surface area contributed by atoms with Crippen molar-refractivity contribution < 1.29 is 4.57 Å². The summed E-state index contributed by atoms with van der Waals surface area (Å²) < 4.78 is 6.81. The number of aromatic nitrogens is 5. The molecule has 0 saturated carbocycles. The Morgan fingerprint density at radius 1 is 1.14 bits per heavy atom. The molecule has 0 bridgehead atoms. The van der Waals surface area contributed by atoms with E-state index in [-0.39, 0.29) is 0 Å². The van der Waals surface area contributed by atoms with E-state index in [9.17, 15) is 0 Å². The van der Waals surface area contributed by atoms with Crippen LogP contribution in [0.25, 0.3) is 33.6 Å². The highest BCUT2D eigenvalue weighted by Crippen LogP contribution is 2.35. The van der Waals surface area contributed by atoms with Crippen LogP contribution in [0, 0.1) is 0 Å². The monoisotopic (exact) mass is 276 g/mol. The Morgan fingerprint density at radius 3 is 2.86 bits per heavy atom. The highest BCUT2D eigenvalue weighted by Gasteiger charge is 2.35. The zero-order valence-electron chi connectivity index (χ0n) is 11.9. The van der Waals surface area contributed by atoms with Crippen molar-refractivity contribution in [2.75, 3.05) is 0 Å². The maximum Gasteiger partial charge on any atom is 0.270 e. The first-order valence-corrected chi connectivity index (χ1v) is 7.03. The van der Waals surface area contributed by atoms with Crippen molar-refractivity contribution in [2.45, 2.75) is 6.54 Å². The number of nitrogens with zero attached hydrogens (tertiary/aromatic N) is 5. The van der Waals surface area contributed by atoms with Gasteiger partial charge in [0.25, 0.3) is 5.65 Å². The fraction of sp³-hybridized carbons (Fsp3) is 0.188. The minimum Gasteiger partial charge on any atom is -0.257 e. The molecule has 0 spiro atoms. The van der Waals surface area contributed by atoms with Crippen molar-refractivity contribution in [2.24, 2.45) is 14.1 Å². The maximum absolute atomic E-state index is 4.61. The van der Waals surface area contributed by atoms with Crippen LogP contribution in [0.4, 0.5) is 0 Å². The van der Waals surface area contributed by atoms with Crippen molar-refractivity contribution in [3.8, 4) is 11.4 Å². The van der Waals surface area contributed by atoms with E-state index in [2.05, 4.69) is 49.9 Å². The first-order valence-electron chi connectivity index (χ1n) is 7.03. The van der Waals surface area contributed by atoms with Gasteiger partial charge in [0.2, 0.25) is 11.3 Å². The number of hydrogen-bond acceptors (Lipinski definition) is 2. The molecule has 21 heavy (non-hydrogen) atoms. The number of hydrogen-bond donors (Lipinski definition) is 0. The third kappa shape index (κ3) is 1.15. The average Bonchev–Trinajstić information content (AvgIpc) is 3.11. The predicted molar refractivity (Wildman–Crippen MR) is 79.7 cm³/mol. The molecule has 1 aliphatic heterocycles. The second-order valence-electron chi connectivity index (χ2n) is 5.57. The summed E-state index contributed by atoms with van der Waals surface area (Å²) >= 11 is 0. The zero-order valence-corrected chi connectivity index (χ0v) is 11.9. The molecular formula is C16H14N5+. The lowest BCUT2D eigenvalue weighted by Crippen LogP contribution is -2.31. The molecule has 0 atom stereocenters. The Kier molecular flexibility index (Phi) is 1.83. The third-order valence-corrected chi connectivity index (χ3v) is 4.50. The molecule has 0 N–H and O–H groups in total. The topological polar surface area (TPSA) is 39.5 Å². The molecule has 5 nitrogen and oxygen atoms in total. The van der Waals surface area contributed by atoms with Crippen LogP contribution in [0.15, 0.2) is 36.7 Å². The second-order valence-corrected chi connectivity index (χ2v) is 5.57. The fourth-order valence-electron chi connectivity index (χ4n) is 3.65. The standard InChI is InChI=1S/C16H14N5/c1-19-12-6-4-8-18-13(12)14-16(19)20(2)15-10-5-3-7-17-11(10)9-21(14)15/h3-8H,9H2,1-2H3/q+1. The molecule has 0 aliphatic carbocycles. The van der Waals surface area contributed by atoms with Gasteiger partial charge in [-0.05, 0) is 24.3 Å². The van der Waals surface area contributed by atoms with Gasteiger partial charge < -0.3 is 0 Å². The van der Waals surface area contributed by atoms with E-state index >= 15 is 0 Å². The summed E-state index contributed by atoms with van der Waals surface area (Å²) in [6, 6.07) is 8.26. The van der Waals surface area contributed by atoms with Crippen molar-refractivity contribution in [1.82, 2.24) is 19.1 Å². The molecule has 4 aromatic heterocycles. The first-order chi connectivity index (χ1) is 10.3. The summed E-state index contributed by atoms with van der Waals surface area (Å²) in [7, 11) is 4.22. The van der Waals surface area contributed by atoms with Gasteiger partial charge in [-0.2, -0.15) is 0 Å². The molecule has 1 aliphatic rings. The van der Waals surface area contributed by atoms with Crippen molar-refractivity contribution in [3.63, 3.8) is 0 Å². The smallest absolute Gasteiger partial charge is 0.257 e. The summed E-state index contributed by atoms with van der Waals surface area (Å²) in [5, 5.41) is 0. The van der Waals surface area contributed by atoms with E-state index in [1.807, 2.05) is 24.5 Å². The van der Waals surface area contributed by atoms with E-state index < -0.39 is 0 Å². The Labute approximate surface area is 121 Å². The van der Waals surface area contributed by atoms with Gasteiger partial charge in [-0.25, -0.2) is 14.1 Å². The first kappa shape index (κ1) is 11.0. The molecule has 0 radical (unpaired) electrons. The summed E-state index contributed by atoms with van der Waals surface area (Å²) in [5.41, 5.74) is 6.98. The fourth-order valence-corrected chi connectivity index (χ4v) is 3.65. The Balaban J connectivity index is 2.03. The number of fused-ring (bicyclic) bond motifs is 7. The molecule has 0 unspecified atom stereocenters. The number of rotatable bonds is 0. The summed E-state index contributed by atoms with van der Waals surface area (Å²) in [5.74, 6) is 1.21. The second kappa shape index (κ2) is 3.49. The lowest BCUT2D eigenvalue weighted by molar-refractivity contribution is -0.636. The Morgan fingerprint density at radius 2 is 1.95 bits per heavy atom. The SMILES string of the molecule is Cn1c2cccnc2c2c1[n+](C)c1n2Cc2ncccc2-1. The van der Waals surface area contributed by atoms with Crippen molar-refractivity contribution >= 4 is 22.2 Å². The quantitative estimate of drug-likeness (QED) is 0.404. The molecule has 0 saturated heterocycles. The Hall–Kier alpha value is -2.69. The van der Waals surface area contributed by atoms with Gasteiger partial charge in [0.05, 0.1) is 25.4 Å². The highest BCUT2D eigenvalue weighted by molar-refractivity contribution is 6.02. The molecule has 5 rings (SSSR count). The summed E-state index contributed by atoms with van der Waals surface area (Å²) in [6.45, 7) is 0.818. The molecular weight excluding hydrogens is 262 g/mol. The van der Waals surface area contributed by atoms with Gasteiger partial charge in [-0.3, -0.25) is 9.55 Å². The molecule has 0 aromatic carbocycles. The molecule has 102 valence electrons. The lowest BCUT2D eigenvalue weighted by atomic mass is 10.2. The van der Waals surface area contributed by atoms with Crippen molar-refractivity contribution in [1.29, 1.82) is 0 Å². The molecule has 5 heterocycles. The number of pyridine rings is 2. The van der Waals surface area contributed by atoms with E-state index in [1.54, 1.807) is 0 Å². The average molecular weight is 276 g/mol. The number of aryl methyl sites for hydroxylation is 2. The van der Waals surface area contributed by atoms with Crippen LogP contribution >= 0.6 is 0 Å². The van der Waals surface area contributed by atoms with Crippen LogP contribution in [-0.2, 0) is 20.6 Å². The molecule has 4 aromatic rings. The lowest BCUT2D eigenvalue weighted by Gasteiger charge is -1.98. The van der Waals surface area contributed by atoms with Gasteiger partial charge in [-0.1, -0.05) is 0 Å². The highest BCUT2D eigenvalue weighted by atomic mass is 15.2. The van der Waals surface area contributed by atoms with Crippen LogP contribution in [0.5, 0.6) is 0 Å². The molecule has 0 amide bonds. The minimum absolute atomic E-state index is 0.818. The minimum atomic E-state index is 0.818. The van der Waals surface area contributed by atoms with Gasteiger partial charge in [0.1, 0.15) is 17.6 Å². The summed E-state index contributed by atoms with van der Waals surface area (Å²) in [4.78, 5) is 9.13. The largest absolute Gasteiger partial charge is 0.270 e. The predicted octanol–water partition coefficient (Wildman–Crippen LogP) is 1.78. The van der Waals surface area contributed by atoms with Crippen LogP contribution in [-0.4, -0.2) is 19.1 Å². The van der Waals surface area contributed by atoms with Gasteiger partial charge in [0, 0.05) is 12.4 Å². The van der Waals surface area contributed by atoms with Gasteiger partial charge in [0.15, 0.2) is 0 Å². The van der Waals surface area contributed by atoms with Gasteiger partial charge in [-0.15, -0.1) is 0 Å². The van der Waals surface area contributed by atoms with Crippen LogP contribution in [0.3, 0.4) is 0 Å². The maximum atomic E-state index is 4.61. The normalized spacial score (nSPS) is 13.0. The van der Waals surface area contributed by atoms with E-state index in [0.29, 0.717) is 0 Å². The van der Waals surface area contributed by atoms with E-state index in [0.717, 1.165) is 23.3 Å². The molecule has 5 heteroatoms. The van der Waals surface area contributed by atoms with Crippen LogP contribution < -0.4 is 4.57 Å². The molecule has 0 fully saturated rings. The summed E-state index contributed by atoms with van der Waals surface area (Å²) in [6.07, 6.45) is 3.73. The van der Waals surface area contributed by atoms with Gasteiger partial charge >= 0.3 is 0 Å². The van der Waals surface area contributed by atoms with Crippen molar-refractivity contribution in [3.05, 3.63) is 42.4 Å². The number of imidazole rings is 1. The van der Waals surface area contributed by atoms with Crippen LogP contribution in [0.2, 0.25) is 0 Å². The van der Waals surface area contributed by atoms with Crippen LogP contribution in [0.1, 0.15) is 5.69 Å². The Bertz CT molecular complexity index is 1040. The van der Waals surface area contributed by atoms with E-state index in [1.165, 1.54) is 22.6 Å². The zero-order chi connectivity index (χ0) is 14.1. The van der Waals surface area contributed by atoms with E-state index in [4.69, 9.17) is 0 Å².